The zero-order valence-corrected chi connectivity index (χ0v) is 25.6. The van der Waals surface area contributed by atoms with Crippen LogP contribution in [0.1, 0.15) is 56.0 Å². The van der Waals surface area contributed by atoms with Gasteiger partial charge in [-0.3, -0.25) is 10.1 Å². The number of aryl methyl sites for hydroxylation is 1. The number of hydrogen-bond donors (Lipinski definition) is 3. The van der Waals surface area contributed by atoms with Crippen LogP contribution >= 0.6 is 0 Å². The fourth-order valence-electron chi connectivity index (χ4n) is 5.36. The van der Waals surface area contributed by atoms with Crippen molar-refractivity contribution in [3.05, 3.63) is 101 Å². The largest absolute Gasteiger partial charge is 0.399 e. The van der Waals surface area contributed by atoms with Crippen molar-refractivity contribution in [2.24, 2.45) is 5.92 Å². The van der Waals surface area contributed by atoms with Gasteiger partial charge in [-0.15, -0.1) is 0 Å². The molecular weight excluding hydrogens is 536 g/mol. The predicted octanol–water partition coefficient (Wildman–Crippen LogP) is 6.73. The van der Waals surface area contributed by atoms with E-state index in [0.717, 1.165) is 60.5 Å². The Kier molecular flexibility index (Phi) is 8.85. The number of nitrogens with two attached hydrogens (primary N) is 1. The summed E-state index contributed by atoms with van der Waals surface area (Å²) in [6.45, 7) is 9.93. The highest BCUT2D eigenvalue weighted by molar-refractivity contribution is 5.99. The first-order chi connectivity index (χ1) is 20.5. The highest BCUT2D eigenvalue weighted by Crippen LogP contribution is 2.27. The molecule has 3 amide bonds. The maximum atomic E-state index is 13.0. The van der Waals surface area contributed by atoms with Crippen LogP contribution in [0.3, 0.4) is 0 Å². The Morgan fingerprint density at radius 2 is 1.51 bits per heavy atom. The van der Waals surface area contributed by atoms with E-state index in [9.17, 15) is 9.59 Å². The number of aromatic nitrogens is 2. The molecule has 224 valence electrons. The molecule has 0 saturated carbocycles. The molecule has 1 aromatic heterocycles. The lowest BCUT2D eigenvalue weighted by molar-refractivity contribution is -0.131. The molecule has 0 unspecified atom stereocenters. The summed E-state index contributed by atoms with van der Waals surface area (Å²) in [6, 6.07) is 25.2. The Labute approximate surface area is 254 Å². The SMILES string of the molecule is Cc1ccc(-n2nc(C(C)(C)C)cc2NC(=O)Nc2ccc(CC3CCN(C(=O)Cc4ccc(N)cc4)CC3)cc2)cc1. The van der Waals surface area contributed by atoms with Gasteiger partial charge in [0.2, 0.25) is 5.91 Å². The second-order valence-corrected chi connectivity index (χ2v) is 12.6. The number of piperidine rings is 1. The summed E-state index contributed by atoms with van der Waals surface area (Å²) < 4.78 is 1.78. The van der Waals surface area contributed by atoms with E-state index in [-0.39, 0.29) is 17.4 Å². The third-order valence-corrected chi connectivity index (χ3v) is 8.04. The minimum atomic E-state index is -0.322. The number of urea groups is 1. The third-order valence-electron chi connectivity index (χ3n) is 8.04. The maximum absolute atomic E-state index is 13.0. The van der Waals surface area contributed by atoms with Crippen LogP contribution in [0.15, 0.2) is 78.9 Å². The molecule has 1 aliphatic heterocycles. The lowest BCUT2D eigenvalue weighted by Gasteiger charge is -2.32. The summed E-state index contributed by atoms with van der Waals surface area (Å²) in [5, 5.41) is 10.7. The number of amides is 3. The minimum absolute atomic E-state index is 0.164. The molecule has 0 aliphatic carbocycles. The van der Waals surface area contributed by atoms with Crippen molar-refractivity contribution in [1.82, 2.24) is 14.7 Å². The van der Waals surface area contributed by atoms with E-state index in [1.54, 1.807) is 4.68 Å². The molecule has 2 heterocycles. The lowest BCUT2D eigenvalue weighted by atomic mass is 9.90. The van der Waals surface area contributed by atoms with Gasteiger partial charge in [0.05, 0.1) is 17.8 Å². The second kappa shape index (κ2) is 12.7. The second-order valence-electron chi connectivity index (χ2n) is 12.6. The summed E-state index contributed by atoms with van der Waals surface area (Å²) >= 11 is 0. The molecule has 0 radical (unpaired) electrons. The fraction of sp³-hybridized carbons (Fsp3) is 0.343. The van der Waals surface area contributed by atoms with Gasteiger partial charge in [0.1, 0.15) is 5.82 Å². The maximum Gasteiger partial charge on any atom is 0.324 e. The smallest absolute Gasteiger partial charge is 0.324 e. The molecule has 1 aliphatic rings. The van der Waals surface area contributed by atoms with Crippen molar-refractivity contribution in [1.29, 1.82) is 0 Å². The lowest BCUT2D eigenvalue weighted by Crippen LogP contribution is -2.39. The van der Waals surface area contributed by atoms with Crippen molar-refractivity contribution in [3.63, 3.8) is 0 Å². The van der Waals surface area contributed by atoms with Gasteiger partial charge in [-0.2, -0.15) is 5.10 Å². The molecule has 8 nitrogen and oxygen atoms in total. The van der Waals surface area contributed by atoms with Crippen LogP contribution in [0.25, 0.3) is 5.69 Å². The number of carbonyl (C=O) groups is 2. The van der Waals surface area contributed by atoms with Gasteiger partial charge in [-0.05, 0) is 79.6 Å². The summed E-state index contributed by atoms with van der Waals surface area (Å²) in [6.07, 6.45) is 3.35. The number of benzene rings is 3. The van der Waals surface area contributed by atoms with Gasteiger partial charge in [0.15, 0.2) is 0 Å². The van der Waals surface area contributed by atoms with Gasteiger partial charge in [0.25, 0.3) is 0 Å². The van der Waals surface area contributed by atoms with Crippen LogP contribution in [0.5, 0.6) is 0 Å². The van der Waals surface area contributed by atoms with Crippen molar-refractivity contribution in [3.8, 4) is 5.69 Å². The van der Waals surface area contributed by atoms with E-state index in [0.29, 0.717) is 23.8 Å². The normalized spacial score (nSPS) is 14.0. The highest BCUT2D eigenvalue weighted by Gasteiger charge is 2.24. The van der Waals surface area contributed by atoms with Gasteiger partial charge < -0.3 is 16.0 Å². The number of likely N-dealkylation sites (tertiary alicyclic amines) is 1. The van der Waals surface area contributed by atoms with Crippen LogP contribution < -0.4 is 16.4 Å². The quantitative estimate of drug-likeness (QED) is 0.212. The number of nitrogens with one attached hydrogen (secondary N) is 2. The number of hydrogen-bond acceptors (Lipinski definition) is 4. The first-order valence-corrected chi connectivity index (χ1v) is 15.0. The average Bonchev–Trinajstić information content (AvgIpc) is 3.40. The number of nitrogens with zero attached hydrogens (tertiary/aromatic N) is 3. The van der Waals surface area contributed by atoms with Crippen molar-refractivity contribution >= 4 is 29.1 Å². The summed E-state index contributed by atoms with van der Waals surface area (Å²) in [5.74, 6) is 1.32. The average molecular weight is 579 g/mol. The number of carbonyl (C=O) groups excluding carboxylic acids is 2. The topological polar surface area (TPSA) is 105 Å². The van der Waals surface area contributed by atoms with Gasteiger partial charge >= 0.3 is 6.03 Å². The Morgan fingerprint density at radius 1 is 0.884 bits per heavy atom. The highest BCUT2D eigenvalue weighted by atomic mass is 16.2. The van der Waals surface area contributed by atoms with Crippen molar-refractivity contribution in [2.75, 3.05) is 29.5 Å². The van der Waals surface area contributed by atoms with E-state index in [2.05, 4.69) is 43.5 Å². The monoisotopic (exact) mass is 578 g/mol. The Balaban J connectivity index is 1.13. The molecule has 3 aromatic carbocycles. The number of rotatable bonds is 7. The molecule has 4 N–H and O–H groups in total. The summed E-state index contributed by atoms with van der Waals surface area (Å²) in [4.78, 5) is 27.7. The molecule has 5 rings (SSSR count). The summed E-state index contributed by atoms with van der Waals surface area (Å²) in [5.41, 5.74) is 12.2. The third kappa shape index (κ3) is 7.83. The molecule has 1 fully saturated rings. The van der Waals surface area contributed by atoms with Gasteiger partial charge in [-0.1, -0.05) is 62.7 Å². The molecule has 0 atom stereocenters. The fourth-order valence-corrected chi connectivity index (χ4v) is 5.36. The molecule has 0 bridgehead atoms. The Bertz CT molecular complexity index is 1540. The zero-order valence-electron chi connectivity index (χ0n) is 25.6. The van der Waals surface area contributed by atoms with E-state index < -0.39 is 0 Å². The van der Waals surface area contributed by atoms with E-state index in [4.69, 9.17) is 10.8 Å². The zero-order chi connectivity index (χ0) is 30.6. The van der Waals surface area contributed by atoms with Gasteiger partial charge in [-0.25, -0.2) is 9.48 Å². The van der Waals surface area contributed by atoms with E-state index in [1.165, 1.54) is 5.56 Å². The molecule has 4 aromatic rings. The Morgan fingerprint density at radius 3 is 2.14 bits per heavy atom. The van der Waals surface area contributed by atoms with Crippen LogP contribution in [-0.4, -0.2) is 39.7 Å². The van der Waals surface area contributed by atoms with Crippen LogP contribution in [0.4, 0.5) is 22.0 Å². The molecule has 1 saturated heterocycles. The summed E-state index contributed by atoms with van der Waals surface area (Å²) in [7, 11) is 0. The standard InChI is InChI=1S/C35H42N6O2/c1-24-5-15-30(16-6-24)41-32(23-31(39-41)35(2,3)4)38-34(43)37-29-13-9-25(10-14-29)21-27-17-19-40(20-18-27)33(42)22-26-7-11-28(36)12-8-26/h5-16,23,27H,17-22,36H2,1-4H3,(H2,37,38,43). The molecular formula is C35H42N6O2. The number of anilines is 3. The number of nitrogen functional groups attached to an aromatic ring is 1. The van der Waals surface area contributed by atoms with Crippen LogP contribution in [0, 0.1) is 12.8 Å². The minimum Gasteiger partial charge on any atom is -0.399 e. The van der Waals surface area contributed by atoms with Crippen molar-refractivity contribution in [2.45, 2.75) is 58.8 Å². The molecule has 0 spiro atoms. The molecule has 43 heavy (non-hydrogen) atoms. The predicted molar refractivity (Wildman–Crippen MR) is 174 cm³/mol. The first-order valence-electron chi connectivity index (χ1n) is 15.0. The van der Waals surface area contributed by atoms with Gasteiger partial charge in [0, 0.05) is 35.9 Å². The van der Waals surface area contributed by atoms with E-state index in [1.807, 2.05) is 78.6 Å². The first kappa shape index (κ1) is 29.9. The van der Waals surface area contributed by atoms with Crippen LogP contribution in [0.2, 0.25) is 0 Å². The molecule has 8 heteroatoms. The van der Waals surface area contributed by atoms with Crippen LogP contribution in [-0.2, 0) is 23.1 Å². The van der Waals surface area contributed by atoms with Crippen molar-refractivity contribution < 1.29 is 9.59 Å². The Hall–Kier alpha value is -4.59. The van der Waals surface area contributed by atoms with E-state index >= 15 is 0 Å².